The Morgan fingerprint density at radius 2 is 1.53 bits per heavy atom. The zero-order valence-electron chi connectivity index (χ0n) is 20.4. The minimum atomic E-state index is -3.92. The predicted molar refractivity (Wildman–Crippen MR) is 139 cm³/mol. The molecule has 1 N–H and O–H groups in total. The van der Waals surface area contributed by atoms with Crippen LogP contribution >= 0.6 is 0 Å². The van der Waals surface area contributed by atoms with Crippen LogP contribution in [0.25, 0.3) is 0 Å². The second-order valence-corrected chi connectivity index (χ2v) is 11.8. The first kappa shape index (κ1) is 23.3. The maximum Gasteiger partial charge on any atom is 0.244 e. The maximum absolute atomic E-state index is 13.9. The van der Waals surface area contributed by atoms with Crippen molar-refractivity contribution in [3.8, 4) is 5.75 Å². The summed E-state index contributed by atoms with van der Waals surface area (Å²) in [5, 5.41) is 3.25. The van der Waals surface area contributed by atoms with Gasteiger partial charge in [-0.3, -0.25) is 4.79 Å². The molecule has 186 valence electrons. The summed E-state index contributed by atoms with van der Waals surface area (Å²) in [7, 11) is -2.38. The van der Waals surface area contributed by atoms with Gasteiger partial charge in [0.05, 0.1) is 12.0 Å². The van der Waals surface area contributed by atoms with Crippen LogP contribution in [0.15, 0.2) is 59.5 Å². The Bertz CT molecular complexity index is 1410. The molecule has 1 aliphatic heterocycles. The van der Waals surface area contributed by atoms with Gasteiger partial charge in [0.2, 0.25) is 15.9 Å². The third kappa shape index (κ3) is 3.91. The topological polar surface area (TPSA) is 75.7 Å². The highest BCUT2D eigenvalue weighted by molar-refractivity contribution is 7.89. The van der Waals surface area contributed by atoms with Crippen LogP contribution in [-0.2, 0) is 53.5 Å². The summed E-state index contributed by atoms with van der Waals surface area (Å²) < 4.78 is 34.3. The highest BCUT2D eigenvalue weighted by Crippen LogP contribution is 2.39. The molecule has 0 fully saturated rings. The van der Waals surface area contributed by atoms with Crippen molar-refractivity contribution in [1.82, 2.24) is 4.31 Å². The molecule has 6 rings (SSSR count). The number of aryl methyl sites for hydroxylation is 2. The molecule has 3 aliphatic rings. The Balaban J connectivity index is 1.38. The van der Waals surface area contributed by atoms with Crippen LogP contribution in [-0.4, -0.2) is 31.8 Å². The molecule has 3 aromatic rings. The first-order valence-corrected chi connectivity index (χ1v) is 14.1. The van der Waals surface area contributed by atoms with E-state index in [0.29, 0.717) is 12.2 Å². The van der Waals surface area contributed by atoms with E-state index in [1.165, 1.54) is 26.6 Å². The second-order valence-electron chi connectivity index (χ2n) is 9.94. The van der Waals surface area contributed by atoms with Crippen molar-refractivity contribution in [2.45, 2.75) is 62.4 Å². The number of nitrogens with zero attached hydrogens (tertiary/aromatic N) is 1. The number of anilines is 1. The molecule has 1 atom stereocenters. The van der Waals surface area contributed by atoms with Gasteiger partial charge in [-0.15, -0.1) is 0 Å². The lowest BCUT2D eigenvalue weighted by Gasteiger charge is -2.35. The summed E-state index contributed by atoms with van der Waals surface area (Å²) in [5.74, 6) is 0.329. The van der Waals surface area contributed by atoms with Crippen molar-refractivity contribution in [2.24, 2.45) is 0 Å². The molecule has 0 radical (unpaired) electrons. The van der Waals surface area contributed by atoms with Gasteiger partial charge in [-0.2, -0.15) is 4.31 Å². The van der Waals surface area contributed by atoms with Crippen LogP contribution in [0.3, 0.4) is 0 Å². The summed E-state index contributed by atoms with van der Waals surface area (Å²) in [6.07, 6.45) is 6.53. The smallest absolute Gasteiger partial charge is 0.244 e. The Morgan fingerprint density at radius 1 is 0.889 bits per heavy atom. The van der Waals surface area contributed by atoms with Gasteiger partial charge < -0.3 is 10.1 Å². The van der Waals surface area contributed by atoms with E-state index in [1.54, 1.807) is 31.4 Å². The Hall–Kier alpha value is -3.16. The van der Waals surface area contributed by atoms with Gasteiger partial charge >= 0.3 is 0 Å². The third-order valence-corrected chi connectivity index (χ3v) is 9.76. The molecule has 0 aromatic heterocycles. The van der Waals surface area contributed by atoms with Gasteiger partial charge in [-0.05, 0) is 103 Å². The summed E-state index contributed by atoms with van der Waals surface area (Å²) in [4.78, 5) is 14.1. The Morgan fingerprint density at radius 3 is 2.17 bits per heavy atom. The largest absolute Gasteiger partial charge is 0.497 e. The first-order chi connectivity index (χ1) is 17.5. The number of carbonyl (C=O) groups is 1. The number of benzene rings is 3. The molecule has 0 saturated carbocycles. The quantitative estimate of drug-likeness (QED) is 0.560. The molecule has 0 saturated heterocycles. The number of methoxy groups -OCH3 is 1. The molecule has 0 unspecified atom stereocenters. The van der Waals surface area contributed by atoms with Gasteiger partial charge in [-0.1, -0.05) is 30.3 Å². The van der Waals surface area contributed by atoms with Crippen molar-refractivity contribution < 1.29 is 17.9 Å². The van der Waals surface area contributed by atoms with Crippen LogP contribution in [0.1, 0.15) is 46.2 Å². The zero-order chi connectivity index (χ0) is 24.9. The summed E-state index contributed by atoms with van der Waals surface area (Å²) in [6.45, 7) is 0.160. The molecule has 7 heteroatoms. The number of hydrogen-bond acceptors (Lipinski definition) is 4. The highest BCUT2D eigenvalue weighted by Gasteiger charge is 2.40. The summed E-state index contributed by atoms with van der Waals surface area (Å²) in [5.41, 5.74) is 8.05. The fourth-order valence-electron chi connectivity index (χ4n) is 6.03. The second kappa shape index (κ2) is 9.05. The Labute approximate surface area is 212 Å². The van der Waals surface area contributed by atoms with Crippen LogP contribution in [0.2, 0.25) is 0 Å². The van der Waals surface area contributed by atoms with Crippen LogP contribution in [0, 0.1) is 0 Å². The molecule has 0 spiro atoms. The molecule has 3 aromatic carbocycles. The first-order valence-electron chi connectivity index (χ1n) is 12.7. The van der Waals surface area contributed by atoms with Crippen molar-refractivity contribution in [1.29, 1.82) is 0 Å². The van der Waals surface area contributed by atoms with Crippen molar-refractivity contribution >= 4 is 21.6 Å². The fraction of sp³-hybridized carbons (Fsp3) is 0.345. The molecular formula is C29H30N2O4S. The lowest BCUT2D eigenvalue weighted by molar-refractivity contribution is -0.120. The van der Waals surface area contributed by atoms with Crippen molar-refractivity contribution in [2.75, 3.05) is 12.4 Å². The van der Waals surface area contributed by atoms with E-state index in [9.17, 15) is 13.2 Å². The van der Waals surface area contributed by atoms with E-state index in [2.05, 4.69) is 11.4 Å². The lowest BCUT2D eigenvalue weighted by Crippen LogP contribution is -2.50. The van der Waals surface area contributed by atoms with Crippen molar-refractivity contribution in [3.05, 3.63) is 88.0 Å². The monoisotopic (exact) mass is 502 g/mol. The molecule has 2 aliphatic carbocycles. The standard InChI is InChI=1S/C29H30N2O4S/c1-35-23-12-14-24(15-13-23)36(33,34)31-18-22-7-3-2-6-19(22)17-27(31)29(32)30-28-25-10-4-8-20(25)16-21-9-5-11-26(21)28/h2-3,6-7,12-16,27H,4-5,8-11,17-18H2,1H3,(H,30,32)/t27-/m0/s1. The maximum atomic E-state index is 13.9. The summed E-state index contributed by atoms with van der Waals surface area (Å²) >= 11 is 0. The van der Waals surface area contributed by atoms with Crippen LogP contribution < -0.4 is 10.1 Å². The number of ether oxygens (including phenoxy) is 1. The number of rotatable bonds is 5. The average molecular weight is 503 g/mol. The number of amides is 1. The van der Waals surface area contributed by atoms with Gasteiger partial charge in [-0.25, -0.2) is 8.42 Å². The van der Waals surface area contributed by atoms with Gasteiger partial charge in [0.1, 0.15) is 11.8 Å². The van der Waals surface area contributed by atoms with Gasteiger partial charge in [0, 0.05) is 12.2 Å². The van der Waals surface area contributed by atoms with E-state index < -0.39 is 16.1 Å². The zero-order valence-corrected chi connectivity index (χ0v) is 21.2. The average Bonchev–Trinajstić information content (AvgIpc) is 3.57. The summed E-state index contributed by atoms with van der Waals surface area (Å²) in [6, 6.07) is 15.6. The molecule has 1 amide bonds. The highest BCUT2D eigenvalue weighted by atomic mass is 32.2. The van der Waals surface area contributed by atoms with E-state index in [1.807, 2.05) is 24.3 Å². The predicted octanol–water partition coefficient (Wildman–Crippen LogP) is 4.43. The number of hydrogen-bond donors (Lipinski definition) is 1. The fourth-order valence-corrected chi connectivity index (χ4v) is 7.60. The lowest BCUT2D eigenvalue weighted by atomic mass is 9.94. The molecular weight excluding hydrogens is 472 g/mol. The van der Waals surface area contributed by atoms with Gasteiger partial charge in [0.15, 0.2) is 0 Å². The van der Waals surface area contributed by atoms with Crippen LogP contribution in [0.5, 0.6) is 5.75 Å². The van der Waals surface area contributed by atoms with E-state index in [-0.39, 0.29) is 17.3 Å². The molecule has 1 heterocycles. The Kier molecular flexibility index (Phi) is 5.85. The van der Waals surface area contributed by atoms with E-state index in [0.717, 1.165) is 55.3 Å². The normalized spacial score (nSPS) is 18.9. The molecule has 0 bridgehead atoms. The van der Waals surface area contributed by atoms with Crippen molar-refractivity contribution in [3.63, 3.8) is 0 Å². The molecule has 6 nitrogen and oxygen atoms in total. The third-order valence-electron chi connectivity index (χ3n) is 7.90. The van der Waals surface area contributed by atoms with E-state index >= 15 is 0 Å². The number of nitrogens with one attached hydrogen (secondary N) is 1. The van der Waals surface area contributed by atoms with E-state index in [4.69, 9.17) is 4.74 Å². The minimum Gasteiger partial charge on any atom is -0.497 e. The number of sulfonamides is 1. The molecule has 36 heavy (non-hydrogen) atoms. The number of fused-ring (bicyclic) bond motifs is 3. The number of carbonyl (C=O) groups excluding carboxylic acids is 1. The SMILES string of the molecule is COc1ccc(S(=O)(=O)N2Cc3ccccc3C[C@H]2C(=O)Nc2c3c(cc4c2CCC4)CCC3)cc1. The minimum absolute atomic E-state index is 0.155. The van der Waals surface area contributed by atoms with Gasteiger partial charge in [0.25, 0.3) is 0 Å². The van der Waals surface area contributed by atoms with Crippen LogP contribution in [0.4, 0.5) is 5.69 Å².